The van der Waals surface area contributed by atoms with E-state index in [1.807, 2.05) is 6.07 Å². The van der Waals surface area contributed by atoms with Crippen LogP contribution in [0.4, 0.5) is 0 Å². The predicted octanol–water partition coefficient (Wildman–Crippen LogP) is 1.88. The van der Waals surface area contributed by atoms with Crippen molar-refractivity contribution in [2.24, 2.45) is 0 Å². The number of aromatic hydroxyl groups is 1. The van der Waals surface area contributed by atoms with Gasteiger partial charge in [-0.3, -0.25) is 0 Å². The first-order chi connectivity index (χ1) is 9.13. The standard InChI is InChI=1S/C13H15N3OS2/c14-7-1-8-15-12(18)6-9-16-13(19)10-2-4-11(17)5-3-10/h2-5,17H,1,6,8-9H2,(H,15,18)(H,16,19). The Morgan fingerprint density at radius 3 is 2.47 bits per heavy atom. The van der Waals surface area contributed by atoms with Gasteiger partial charge >= 0.3 is 0 Å². The topological polar surface area (TPSA) is 68.1 Å². The number of rotatable bonds is 6. The molecule has 1 aromatic carbocycles. The Labute approximate surface area is 123 Å². The zero-order chi connectivity index (χ0) is 14.1. The van der Waals surface area contributed by atoms with E-state index in [-0.39, 0.29) is 5.75 Å². The first kappa shape index (κ1) is 15.3. The first-order valence-electron chi connectivity index (χ1n) is 5.84. The minimum absolute atomic E-state index is 0.217. The van der Waals surface area contributed by atoms with Crippen LogP contribution in [0.2, 0.25) is 0 Å². The molecule has 6 heteroatoms. The van der Waals surface area contributed by atoms with Gasteiger partial charge in [0.15, 0.2) is 0 Å². The van der Waals surface area contributed by atoms with Crippen LogP contribution in [0.25, 0.3) is 0 Å². The van der Waals surface area contributed by atoms with Crippen molar-refractivity contribution in [2.75, 3.05) is 13.1 Å². The molecule has 0 unspecified atom stereocenters. The number of phenolic OH excluding ortho intramolecular Hbond substituents is 1. The number of nitrogens with zero attached hydrogens (tertiary/aromatic N) is 1. The molecule has 4 nitrogen and oxygen atoms in total. The summed E-state index contributed by atoms with van der Waals surface area (Å²) < 4.78 is 0. The number of benzene rings is 1. The molecule has 0 radical (unpaired) electrons. The van der Waals surface area contributed by atoms with Crippen molar-refractivity contribution in [1.29, 1.82) is 5.26 Å². The van der Waals surface area contributed by atoms with E-state index < -0.39 is 0 Å². The lowest BCUT2D eigenvalue weighted by Crippen LogP contribution is -2.29. The molecule has 3 N–H and O–H groups in total. The molecule has 1 rings (SSSR count). The van der Waals surface area contributed by atoms with Gasteiger partial charge in [0.2, 0.25) is 0 Å². The molecule has 0 aromatic heterocycles. The van der Waals surface area contributed by atoms with Crippen molar-refractivity contribution in [3.05, 3.63) is 29.8 Å². The SMILES string of the molecule is N#CCCNC(=S)CCNC(=S)c1ccc(O)cc1. The monoisotopic (exact) mass is 293 g/mol. The van der Waals surface area contributed by atoms with Gasteiger partial charge < -0.3 is 15.7 Å². The van der Waals surface area contributed by atoms with E-state index in [0.29, 0.717) is 30.9 Å². The van der Waals surface area contributed by atoms with E-state index in [2.05, 4.69) is 10.6 Å². The first-order valence-corrected chi connectivity index (χ1v) is 6.66. The van der Waals surface area contributed by atoms with Crippen molar-refractivity contribution < 1.29 is 5.11 Å². The van der Waals surface area contributed by atoms with E-state index in [0.717, 1.165) is 10.6 Å². The molecule has 1 aromatic rings. The number of hydrogen-bond acceptors (Lipinski definition) is 4. The van der Waals surface area contributed by atoms with Gasteiger partial charge in [0.1, 0.15) is 10.7 Å². The second kappa shape index (κ2) is 8.40. The summed E-state index contributed by atoms with van der Waals surface area (Å²) in [5.41, 5.74) is 0.858. The van der Waals surface area contributed by atoms with Crippen LogP contribution in [0.3, 0.4) is 0 Å². The van der Waals surface area contributed by atoms with E-state index in [4.69, 9.17) is 29.7 Å². The van der Waals surface area contributed by atoms with Crippen molar-refractivity contribution >= 4 is 34.4 Å². The third kappa shape index (κ3) is 6.13. The van der Waals surface area contributed by atoms with Crippen LogP contribution in [-0.2, 0) is 0 Å². The highest BCUT2D eigenvalue weighted by molar-refractivity contribution is 7.80. The zero-order valence-electron chi connectivity index (χ0n) is 10.3. The maximum absolute atomic E-state index is 9.18. The molecule has 0 atom stereocenters. The van der Waals surface area contributed by atoms with Crippen LogP contribution in [0.5, 0.6) is 5.75 Å². The van der Waals surface area contributed by atoms with Crippen LogP contribution in [-0.4, -0.2) is 28.2 Å². The quantitative estimate of drug-likeness (QED) is 0.550. The summed E-state index contributed by atoms with van der Waals surface area (Å²) in [5, 5.41) is 23.7. The molecule has 0 saturated heterocycles. The fourth-order valence-corrected chi connectivity index (χ4v) is 1.79. The van der Waals surface area contributed by atoms with E-state index >= 15 is 0 Å². The van der Waals surface area contributed by atoms with E-state index in [1.165, 1.54) is 0 Å². The summed E-state index contributed by atoms with van der Waals surface area (Å²) in [4.78, 5) is 1.34. The average Bonchev–Trinajstić information content (AvgIpc) is 2.39. The Morgan fingerprint density at radius 1 is 1.16 bits per heavy atom. The van der Waals surface area contributed by atoms with Gasteiger partial charge in [0.25, 0.3) is 0 Å². The molecule has 0 fully saturated rings. The zero-order valence-corrected chi connectivity index (χ0v) is 12.0. The summed E-state index contributed by atoms with van der Waals surface area (Å²) >= 11 is 10.3. The molecule has 0 bridgehead atoms. The predicted molar refractivity (Wildman–Crippen MR) is 83.3 cm³/mol. The van der Waals surface area contributed by atoms with Crippen molar-refractivity contribution in [1.82, 2.24) is 10.6 Å². The highest BCUT2D eigenvalue weighted by atomic mass is 32.1. The molecule has 100 valence electrons. The summed E-state index contributed by atoms with van der Waals surface area (Å²) in [6, 6.07) is 8.75. The van der Waals surface area contributed by atoms with Gasteiger partial charge in [-0.2, -0.15) is 5.26 Å². The number of hydrogen-bond donors (Lipinski definition) is 3. The summed E-state index contributed by atoms with van der Waals surface area (Å²) in [6.45, 7) is 1.22. The van der Waals surface area contributed by atoms with Gasteiger partial charge in [-0.15, -0.1) is 0 Å². The third-order valence-corrected chi connectivity index (χ3v) is 3.05. The Morgan fingerprint density at radius 2 is 1.84 bits per heavy atom. The maximum Gasteiger partial charge on any atom is 0.115 e. The van der Waals surface area contributed by atoms with Gasteiger partial charge in [-0.25, -0.2) is 0 Å². The molecule has 0 saturated carbocycles. The fraction of sp³-hybridized carbons (Fsp3) is 0.308. The van der Waals surface area contributed by atoms with Gasteiger partial charge in [-0.05, 0) is 24.3 Å². The lowest BCUT2D eigenvalue weighted by molar-refractivity contribution is 0.475. The number of thiocarbonyl (C=S) groups is 2. The third-order valence-electron chi connectivity index (χ3n) is 2.33. The number of nitriles is 1. The Bertz CT molecular complexity index is 480. The number of phenols is 1. The Hall–Kier alpha value is -1.71. The highest BCUT2D eigenvalue weighted by Gasteiger charge is 2.01. The second-order valence-corrected chi connectivity index (χ2v) is 4.71. The molecule has 0 heterocycles. The Kier molecular flexibility index (Phi) is 6.79. The van der Waals surface area contributed by atoms with Crippen molar-refractivity contribution in [3.63, 3.8) is 0 Å². The van der Waals surface area contributed by atoms with Gasteiger partial charge in [0, 0.05) is 25.1 Å². The van der Waals surface area contributed by atoms with E-state index in [1.54, 1.807) is 24.3 Å². The lowest BCUT2D eigenvalue weighted by Gasteiger charge is -2.09. The minimum atomic E-state index is 0.217. The average molecular weight is 293 g/mol. The van der Waals surface area contributed by atoms with Crippen LogP contribution < -0.4 is 10.6 Å². The fourth-order valence-electron chi connectivity index (χ4n) is 1.35. The summed E-state index contributed by atoms with van der Waals surface area (Å²) in [7, 11) is 0. The molecule has 0 spiro atoms. The summed E-state index contributed by atoms with van der Waals surface area (Å²) in [6.07, 6.45) is 1.11. The number of nitrogens with one attached hydrogen (secondary N) is 2. The van der Waals surface area contributed by atoms with Gasteiger partial charge in [0.05, 0.1) is 17.5 Å². The second-order valence-electron chi connectivity index (χ2n) is 3.81. The molecule has 0 aliphatic carbocycles. The molecule has 0 aliphatic rings. The Balaban J connectivity index is 2.26. The lowest BCUT2D eigenvalue weighted by atomic mass is 10.2. The maximum atomic E-state index is 9.18. The molecule has 19 heavy (non-hydrogen) atoms. The van der Waals surface area contributed by atoms with Crippen LogP contribution >= 0.6 is 24.4 Å². The van der Waals surface area contributed by atoms with Crippen molar-refractivity contribution in [2.45, 2.75) is 12.8 Å². The summed E-state index contributed by atoms with van der Waals surface area (Å²) in [5.74, 6) is 0.217. The van der Waals surface area contributed by atoms with Gasteiger partial charge in [-0.1, -0.05) is 24.4 Å². The molecule has 0 aliphatic heterocycles. The molecular weight excluding hydrogens is 278 g/mol. The van der Waals surface area contributed by atoms with Crippen molar-refractivity contribution in [3.8, 4) is 11.8 Å². The normalized spacial score (nSPS) is 9.42. The van der Waals surface area contributed by atoms with E-state index in [9.17, 15) is 5.11 Å². The smallest absolute Gasteiger partial charge is 0.115 e. The highest BCUT2D eigenvalue weighted by Crippen LogP contribution is 2.09. The van der Waals surface area contributed by atoms with Crippen LogP contribution in [0.1, 0.15) is 18.4 Å². The van der Waals surface area contributed by atoms with Crippen LogP contribution in [0, 0.1) is 11.3 Å². The largest absolute Gasteiger partial charge is 0.508 e. The van der Waals surface area contributed by atoms with Crippen LogP contribution in [0.15, 0.2) is 24.3 Å². The minimum Gasteiger partial charge on any atom is -0.508 e. The molecule has 0 amide bonds. The molecular formula is C13H15N3OS2.